The predicted molar refractivity (Wildman–Crippen MR) is 142 cm³/mol. The highest BCUT2D eigenvalue weighted by Gasteiger charge is 2.16. The molecule has 0 saturated carbocycles. The summed E-state index contributed by atoms with van der Waals surface area (Å²) in [6.45, 7) is 0. The number of fused-ring (bicyclic) bond motifs is 1. The number of benzene rings is 4. The molecule has 5 aromatic rings. The second kappa shape index (κ2) is 10.3. The Hall–Kier alpha value is -4.37. The Morgan fingerprint density at radius 3 is 1.91 bits per heavy atom. The van der Waals surface area contributed by atoms with Crippen molar-refractivity contribution in [2.45, 2.75) is 12.3 Å². The van der Waals surface area contributed by atoms with Gasteiger partial charge < -0.3 is 9.15 Å². The van der Waals surface area contributed by atoms with E-state index < -0.39 is 0 Å². The number of methoxy groups -OCH3 is 1. The largest absolute Gasteiger partial charge is 0.497 e. The quantitative estimate of drug-likeness (QED) is 0.239. The van der Waals surface area contributed by atoms with Gasteiger partial charge in [-0.15, -0.1) is 0 Å². The third-order valence-corrected chi connectivity index (χ3v) is 6.26. The summed E-state index contributed by atoms with van der Waals surface area (Å²) in [6.07, 6.45) is 5.05. The SMILES string of the molecule is COc1ccc(-c2oc(=O)c3ccccc3c2C/C=C/C(c2ccccc2)c2ccccc2)cc1. The molecule has 1 heterocycles. The molecule has 0 radical (unpaired) electrons. The van der Waals surface area contributed by atoms with E-state index in [0.29, 0.717) is 17.6 Å². The Labute approximate surface area is 204 Å². The van der Waals surface area contributed by atoms with E-state index in [1.807, 2.05) is 60.7 Å². The highest BCUT2D eigenvalue weighted by atomic mass is 16.5. The summed E-state index contributed by atoms with van der Waals surface area (Å²) in [7, 11) is 1.64. The van der Waals surface area contributed by atoms with Crippen LogP contribution < -0.4 is 10.4 Å². The molecule has 3 nitrogen and oxygen atoms in total. The zero-order valence-electron chi connectivity index (χ0n) is 19.6. The van der Waals surface area contributed by atoms with E-state index in [-0.39, 0.29) is 11.5 Å². The first-order valence-corrected chi connectivity index (χ1v) is 11.7. The summed E-state index contributed by atoms with van der Waals surface area (Å²) in [5.74, 6) is 1.48. The van der Waals surface area contributed by atoms with Crippen LogP contribution in [0.25, 0.3) is 22.1 Å². The van der Waals surface area contributed by atoms with Gasteiger partial charge in [0.05, 0.1) is 12.5 Å². The molecule has 0 spiro atoms. The van der Waals surface area contributed by atoms with Crippen LogP contribution in [0, 0.1) is 0 Å². The van der Waals surface area contributed by atoms with Gasteiger partial charge >= 0.3 is 5.63 Å². The molecule has 35 heavy (non-hydrogen) atoms. The summed E-state index contributed by atoms with van der Waals surface area (Å²) >= 11 is 0. The molecule has 0 bridgehead atoms. The maximum Gasteiger partial charge on any atom is 0.344 e. The van der Waals surface area contributed by atoms with Gasteiger partial charge in [0.15, 0.2) is 0 Å². The topological polar surface area (TPSA) is 39.4 Å². The van der Waals surface area contributed by atoms with Crippen molar-refractivity contribution in [3.63, 3.8) is 0 Å². The van der Waals surface area contributed by atoms with E-state index in [0.717, 1.165) is 22.3 Å². The van der Waals surface area contributed by atoms with Crippen LogP contribution in [0.3, 0.4) is 0 Å². The van der Waals surface area contributed by atoms with Crippen LogP contribution in [0.4, 0.5) is 0 Å². The van der Waals surface area contributed by atoms with Crippen LogP contribution in [-0.2, 0) is 6.42 Å². The number of ether oxygens (including phenoxy) is 1. The van der Waals surface area contributed by atoms with E-state index in [4.69, 9.17) is 9.15 Å². The van der Waals surface area contributed by atoms with E-state index in [9.17, 15) is 4.79 Å². The first-order chi connectivity index (χ1) is 17.2. The third kappa shape index (κ3) is 4.80. The van der Waals surface area contributed by atoms with Crippen molar-refractivity contribution in [3.8, 4) is 17.1 Å². The molecular weight excluding hydrogens is 432 g/mol. The van der Waals surface area contributed by atoms with Gasteiger partial charge in [0, 0.05) is 17.0 Å². The molecule has 3 heteroatoms. The van der Waals surface area contributed by atoms with Gasteiger partial charge in [0.25, 0.3) is 0 Å². The Morgan fingerprint density at radius 1 is 0.743 bits per heavy atom. The summed E-state index contributed by atoms with van der Waals surface area (Å²) < 4.78 is 11.2. The molecule has 0 aliphatic rings. The van der Waals surface area contributed by atoms with Crippen molar-refractivity contribution in [2.24, 2.45) is 0 Å². The molecule has 0 amide bonds. The first kappa shape index (κ1) is 22.4. The number of hydrogen-bond donors (Lipinski definition) is 0. The van der Waals surface area contributed by atoms with Gasteiger partial charge in [-0.05, 0) is 53.3 Å². The summed E-state index contributed by atoms with van der Waals surface area (Å²) in [6, 6.07) is 36.2. The lowest BCUT2D eigenvalue weighted by molar-refractivity contribution is 0.415. The fourth-order valence-corrected chi connectivity index (χ4v) is 4.49. The molecule has 0 fully saturated rings. The van der Waals surface area contributed by atoms with Crippen LogP contribution in [-0.4, -0.2) is 7.11 Å². The monoisotopic (exact) mass is 458 g/mol. The molecule has 5 rings (SSSR count). The molecule has 0 atom stereocenters. The van der Waals surface area contributed by atoms with Gasteiger partial charge in [-0.3, -0.25) is 0 Å². The van der Waals surface area contributed by atoms with E-state index in [1.165, 1.54) is 11.1 Å². The van der Waals surface area contributed by atoms with Gasteiger partial charge in [-0.1, -0.05) is 91.0 Å². The fraction of sp³-hybridized carbons (Fsp3) is 0.0938. The molecular formula is C32H26O3. The molecule has 0 saturated heterocycles. The maximum atomic E-state index is 12.8. The highest BCUT2D eigenvalue weighted by Crippen LogP contribution is 2.31. The van der Waals surface area contributed by atoms with Gasteiger partial charge in [-0.25, -0.2) is 4.79 Å². The Balaban J connectivity index is 1.58. The molecule has 0 N–H and O–H groups in total. The molecule has 4 aromatic carbocycles. The first-order valence-electron chi connectivity index (χ1n) is 11.7. The number of rotatable bonds is 7. The molecule has 0 aliphatic heterocycles. The number of allylic oxidation sites excluding steroid dienone is 2. The molecule has 1 aromatic heterocycles. The van der Waals surface area contributed by atoms with Crippen molar-refractivity contribution in [1.82, 2.24) is 0 Å². The zero-order valence-corrected chi connectivity index (χ0v) is 19.6. The van der Waals surface area contributed by atoms with Crippen LogP contribution >= 0.6 is 0 Å². The lowest BCUT2D eigenvalue weighted by Crippen LogP contribution is -2.05. The summed E-state index contributed by atoms with van der Waals surface area (Å²) in [5, 5.41) is 1.51. The fourth-order valence-electron chi connectivity index (χ4n) is 4.49. The van der Waals surface area contributed by atoms with Gasteiger partial charge in [-0.2, -0.15) is 0 Å². The molecule has 0 aliphatic carbocycles. The van der Waals surface area contributed by atoms with Gasteiger partial charge in [0.1, 0.15) is 11.5 Å². The van der Waals surface area contributed by atoms with Crippen molar-refractivity contribution in [1.29, 1.82) is 0 Å². The zero-order chi connectivity index (χ0) is 24.0. The summed E-state index contributed by atoms with van der Waals surface area (Å²) in [5.41, 5.74) is 3.97. The smallest absolute Gasteiger partial charge is 0.344 e. The Bertz CT molecular complexity index is 1460. The second-order valence-corrected chi connectivity index (χ2v) is 8.40. The van der Waals surface area contributed by atoms with Crippen molar-refractivity contribution < 1.29 is 9.15 Å². The molecule has 172 valence electrons. The minimum Gasteiger partial charge on any atom is -0.497 e. The minimum atomic E-state index is -0.328. The predicted octanol–water partition coefficient (Wildman–Crippen LogP) is 7.40. The maximum absolute atomic E-state index is 12.8. The highest BCUT2D eigenvalue weighted by molar-refractivity contribution is 5.88. The Morgan fingerprint density at radius 2 is 1.31 bits per heavy atom. The lowest BCUT2D eigenvalue weighted by Gasteiger charge is -2.15. The minimum absolute atomic E-state index is 0.129. The van der Waals surface area contributed by atoms with Crippen LogP contribution in [0.15, 0.2) is 131 Å². The van der Waals surface area contributed by atoms with Crippen molar-refractivity contribution in [2.75, 3.05) is 7.11 Å². The normalized spacial score (nSPS) is 11.4. The summed E-state index contributed by atoms with van der Waals surface area (Å²) in [4.78, 5) is 12.8. The average Bonchev–Trinajstić information content (AvgIpc) is 2.93. The Kier molecular flexibility index (Phi) is 6.58. The average molecular weight is 459 g/mol. The standard InChI is InChI=1S/C32H26O3/c1-34-26-21-19-25(20-22-26)31-29(28-15-8-9-16-30(28)32(33)35-31)18-10-17-27(23-11-4-2-5-12-23)24-13-6-3-7-14-24/h2-17,19-22,27H,18H2,1H3/b17-10+. The van der Waals surface area contributed by atoms with Crippen molar-refractivity contribution in [3.05, 3.63) is 148 Å². The van der Waals surface area contributed by atoms with Crippen LogP contribution in [0.5, 0.6) is 5.75 Å². The van der Waals surface area contributed by atoms with E-state index in [2.05, 4.69) is 60.7 Å². The van der Waals surface area contributed by atoms with E-state index >= 15 is 0 Å². The van der Waals surface area contributed by atoms with Crippen LogP contribution in [0.1, 0.15) is 22.6 Å². The van der Waals surface area contributed by atoms with E-state index in [1.54, 1.807) is 7.11 Å². The second-order valence-electron chi connectivity index (χ2n) is 8.40. The number of hydrogen-bond acceptors (Lipinski definition) is 3. The van der Waals surface area contributed by atoms with Crippen molar-refractivity contribution >= 4 is 10.8 Å². The van der Waals surface area contributed by atoms with Gasteiger partial charge in [0.2, 0.25) is 0 Å². The van der Waals surface area contributed by atoms with Crippen LogP contribution in [0.2, 0.25) is 0 Å². The molecule has 0 unspecified atom stereocenters. The third-order valence-electron chi connectivity index (χ3n) is 6.26. The lowest BCUT2D eigenvalue weighted by atomic mass is 9.90.